The molecule has 0 unspecified atom stereocenters. The largest absolute Gasteiger partial charge is 0.490 e. The van der Waals surface area contributed by atoms with E-state index in [1.54, 1.807) is 6.07 Å². The number of carbonyl (C=O) groups is 1. The van der Waals surface area contributed by atoms with Crippen LogP contribution in [0.25, 0.3) is 0 Å². The van der Waals surface area contributed by atoms with Gasteiger partial charge in [-0.25, -0.2) is 5.10 Å². The summed E-state index contributed by atoms with van der Waals surface area (Å²) in [6, 6.07) is 13.0. The first kappa shape index (κ1) is 24.4. The lowest BCUT2D eigenvalue weighted by Crippen LogP contribution is -2.12. The van der Waals surface area contributed by atoms with Crippen LogP contribution < -0.4 is 20.5 Å². The summed E-state index contributed by atoms with van der Waals surface area (Å²) in [5.41, 5.74) is 7.77. The highest BCUT2D eigenvalue weighted by Crippen LogP contribution is 2.31. The number of benzene rings is 2. The van der Waals surface area contributed by atoms with E-state index in [0.29, 0.717) is 46.9 Å². The molecule has 0 radical (unpaired) electrons. The Morgan fingerprint density at radius 2 is 1.82 bits per heavy atom. The minimum absolute atomic E-state index is 0.192. The second-order valence-electron chi connectivity index (χ2n) is 7.51. The molecule has 3 rings (SSSR count). The number of hydrogen-bond donors (Lipinski definition) is 3. The van der Waals surface area contributed by atoms with E-state index in [1.807, 2.05) is 36.4 Å². The van der Waals surface area contributed by atoms with Crippen molar-refractivity contribution in [3.8, 4) is 11.5 Å². The minimum atomic E-state index is -0.192. The highest BCUT2D eigenvalue weighted by Gasteiger charge is 2.12. The summed E-state index contributed by atoms with van der Waals surface area (Å²) in [6.45, 7) is 5.48. The molecular weight excluding hydrogens is 438 g/mol. The number of amides is 1. The number of unbranched alkanes of at least 4 members (excludes halogenated alkanes) is 2. The Balaban J connectivity index is 1.66. The maximum Gasteiger partial charge on any atom is 0.255 e. The highest BCUT2D eigenvalue weighted by molar-refractivity contribution is 7.98. The number of nitrogens with two attached hydrogens (primary N) is 1. The van der Waals surface area contributed by atoms with Gasteiger partial charge in [-0.05, 0) is 42.7 Å². The molecule has 176 valence electrons. The lowest BCUT2D eigenvalue weighted by Gasteiger charge is -2.15. The molecule has 0 atom stereocenters. The predicted octanol–water partition coefficient (Wildman–Crippen LogP) is 5.29. The van der Waals surface area contributed by atoms with Crippen LogP contribution in [0, 0.1) is 0 Å². The van der Waals surface area contributed by atoms with Crippen molar-refractivity contribution >= 4 is 29.3 Å². The van der Waals surface area contributed by atoms with Crippen molar-refractivity contribution in [1.29, 1.82) is 0 Å². The van der Waals surface area contributed by atoms with E-state index in [2.05, 4.69) is 34.3 Å². The summed E-state index contributed by atoms with van der Waals surface area (Å²) in [4.78, 5) is 17.0. The van der Waals surface area contributed by atoms with Gasteiger partial charge in [0.05, 0.1) is 13.2 Å². The zero-order valence-electron chi connectivity index (χ0n) is 19.1. The smallest absolute Gasteiger partial charge is 0.255 e. The fourth-order valence-electron chi connectivity index (χ4n) is 2.95. The molecule has 1 heterocycles. The van der Waals surface area contributed by atoms with E-state index in [0.717, 1.165) is 31.2 Å². The summed E-state index contributed by atoms with van der Waals surface area (Å²) < 4.78 is 11.8. The molecule has 0 spiro atoms. The molecule has 0 fully saturated rings. The van der Waals surface area contributed by atoms with Crippen LogP contribution in [0.4, 0.5) is 11.6 Å². The van der Waals surface area contributed by atoms with Crippen molar-refractivity contribution in [2.45, 2.75) is 50.4 Å². The number of nitrogens with one attached hydrogen (secondary N) is 2. The number of aromatic amines is 1. The second-order valence-corrected chi connectivity index (χ2v) is 8.45. The van der Waals surface area contributed by atoms with Crippen molar-refractivity contribution in [2.24, 2.45) is 0 Å². The summed E-state index contributed by atoms with van der Waals surface area (Å²) >= 11 is 1.44. The summed E-state index contributed by atoms with van der Waals surface area (Å²) in [5, 5.41) is 10.2. The Morgan fingerprint density at radius 3 is 2.52 bits per heavy atom. The number of aromatic nitrogens is 3. The summed E-state index contributed by atoms with van der Waals surface area (Å²) in [7, 11) is 0. The summed E-state index contributed by atoms with van der Waals surface area (Å²) in [5.74, 6) is 2.06. The molecule has 4 N–H and O–H groups in total. The van der Waals surface area contributed by atoms with Crippen LogP contribution in [0.1, 0.15) is 55.5 Å². The average molecular weight is 470 g/mol. The highest BCUT2D eigenvalue weighted by atomic mass is 32.2. The Hall–Kier alpha value is -3.20. The summed E-state index contributed by atoms with van der Waals surface area (Å²) in [6.07, 6.45) is 4.03. The number of rotatable bonds is 13. The quantitative estimate of drug-likeness (QED) is 0.230. The Kier molecular flexibility index (Phi) is 9.44. The Labute approximate surface area is 198 Å². The molecule has 0 saturated heterocycles. The van der Waals surface area contributed by atoms with E-state index >= 15 is 0 Å². The normalized spacial score (nSPS) is 10.7. The van der Waals surface area contributed by atoms with Gasteiger partial charge in [0.2, 0.25) is 11.1 Å². The van der Waals surface area contributed by atoms with Gasteiger partial charge in [-0.3, -0.25) is 4.79 Å². The third-order valence-corrected chi connectivity index (χ3v) is 5.67. The molecule has 2 aromatic carbocycles. The van der Waals surface area contributed by atoms with Crippen molar-refractivity contribution in [2.75, 3.05) is 24.3 Å². The molecule has 0 aliphatic rings. The monoisotopic (exact) mass is 469 g/mol. The van der Waals surface area contributed by atoms with Crippen LogP contribution in [0.3, 0.4) is 0 Å². The first-order valence-electron chi connectivity index (χ1n) is 11.2. The van der Waals surface area contributed by atoms with Crippen LogP contribution in [0.15, 0.2) is 47.6 Å². The van der Waals surface area contributed by atoms with Crippen molar-refractivity contribution in [3.63, 3.8) is 0 Å². The third kappa shape index (κ3) is 7.71. The number of H-pyrrole nitrogens is 1. The van der Waals surface area contributed by atoms with Crippen molar-refractivity contribution < 1.29 is 14.3 Å². The molecule has 1 amide bonds. The van der Waals surface area contributed by atoms with Gasteiger partial charge in [0.1, 0.15) is 0 Å². The van der Waals surface area contributed by atoms with Gasteiger partial charge in [0.25, 0.3) is 5.91 Å². The number of ether oxygens (including phenoxy) is 2. The fourth-order valence-corrected chi connectivity index (χ4v) is 3.70. The zero-order chi connectivity index (χ0) is 23.5. The van der Waals surface area contributed by atoms with Crippen LogP contribution in [0.5, 0.6) is 11.5 Å². The molecule has 3 aromatic rings. The van der Waals surface area contributed by atoms with Crippen molar-refractivity contribution in [1.82, 2.24) is 15.2 Å². The van der Waals surface area contributed by atoms with Gasteiger partial charge in [-0.2, -0.15) is 4.98 Å². The maximum absolute atomic E-state index is 12.9. The Bertz CT molecular complexity index is 1040. The van der Waals surface area contributed by atoms with Gasteiger partial charge in [0.15, 0.2) is 11.5 Å². The van der Waals surface area contributed by atoms with Gasteiger partial charge < -0.3 is 20.5 Å². The van der Waals surface area contributed by atoms with E-state index in [4.69, 9.17) is 15.2 Å². The zero-order valence-corrected chi connectivity index (χ0v) is 19.9. The average Bonchev–Trinajstić information content (AvgIpc) is 3.24. The molecule has 0 aliphatic carbocycles. The van der Waals surface area contributed by atoms with E-state index in [1.165, 1.54) is 11.8 Å². The molecule has 1 aromatic heterocycles. The maximum atomic E-state index is 12.9. The van der Waals surface area contributed by atoms with Gasteiger partial charge in [-0.15, -0.1) is 5.10 Å². The predicted molar refractivity (Wildman–Crippen MR) is 132 cm³/mol. The number of thioether (sulfide) groups is 1. The third-order valence-electron chi connectivity index (χ3n) is 4.75. The van der Waals surface area contributed by atoms with Crippen LogP contribution >= 0.6 is 11.8 Å². The van der Waals surface area contributed by atoms with Gasteiger partial charge in [0, 0.05) is 23.1 Å². The lowest BCUT2D eigenvalue weighted by molar-refractivity contribution is 0.102. The van der Waals surface area contributed by atoms with Crippen LogP contribution in [-0.4, -0.2) is 34.3 Å². The number of nitrogen functional groups attached to an aromatic ring is 1. The lowest BCUT2D eigenvalue weighted by atomic mass is 10.1. The molecule has 0 bridgehead atoms. The molecule has 0 saturated carbocycles. The SMILES string of the molecule is CCCCOc1ccc(NC(=O)c2cccc(CSc3n[nH]c(N)n3)c2)cc1OCCCC. The Morgan fingerprint density at radius 1 is 1.06 bits per heavy atom. The first-order valence-corrected chi connectivity index (χ1v) is 12.2. The van der Waals surface area contributed by atoms with Crippen LogP contribution in [-0.2, 0) is 5.75 Å². The number of carbonyl (C=O) groups excluding carboxylic acids is 1. The molecule has 8 nitrogen and oxygen atoms in total. The van der Waals surface area contributed by atoms with Gasteiger partial charge >= 0.3 is 0 Å². The van der Waals surface area contributed by atoms with Crippen LogP contribution in [0.2, 0.25) is 0 Å². The molecule has 9 heteroatoms. The topological polar surface area (TPSA) is 115 Å². The van der Waals surface area contributed by atoms with E-state index in [9.17, 15) is 4.79 Å². The standard InChI is InChI=1S/C24H31N5O3S/c1-3-5-12-31-20-11-10-19(15-21(20)32-13-6-4-2)26-22(30)18-9-7-8-17(14-18)16-33-24-27-23(25)28-29-24/h7-11,14-15H,3-6,12-13,16H2,1-2H3,(H,26,30)(H3,25,27,28,29). The number of nitrogens with zero attached hydrogens (tertiary/aromatic N) is 2. The molecule has 33 heavy (non-hydrogen) atoms. The number of anilines is 2. The van der Waals surface area contributed by atoms with Crippen molar-refractivity contribution in [3.05, 3.63) is 53.6 Å². The number of hydrogen-bond acceptors (Lipinski definition) is 7. The first-order chi connectivity index (χ1) is 16.1. The van der Waals surface area contributed by atoms with E-state index < -0.39 is 0 Å². The van der Waals surface area contributed by atoms with Gasteiger partial charge in [-0.1, -0.05) is 50.6 Å². The van der Waals surface area contributed by atoms with E-state index in [-0.39, 0.29) is 11.9 Å². The second kappa shape index (κ2) is 12.7. The fraction of sp³-hybridized carbons (Fsp3) is 0.375. The molecular formula is C24H31N5O3S. The minimum Gasteiger partial charge on any atom is -0.490 e. The molecule has 0 aliphatic heterocycles.